The van der Waals surface area contributed by atoms with Gasteiger partial charge in [-0.05, 0) is 36.5 Å². The minimum Gasteiger partial charge on any atom is -0.320 e. The van der Waals surface area contributed by atoms with Crippen LogP contribution in [0.3, 0.4) is 0 Å². The summed E-state index contributed by atoms with van der Waals surface area (Å²) in [5, 5.41) is 0. The van der Waals surface area contributed by atoms with E-state index in [4.69, 9.17) is 5.73 Å². The first-order chi connectivity index (χ1) is 9.03. The van der Waals surface area contributed by atoms with Gasteiger partial charge in [0.15, 0.2) is 0 Å². The third-order valence-corrected chi connectivity index (χ3v) is 4.71. The molecule has 4 nitrogen and oxygen atoms in total. The SMILES string of the molecule is CC1CC1CNS(=O)(=O)c1cccc(C#CCN)c1. The Kier molecular flexibility index (Phi) is 4.25. The van der Waals surface area contributed by atoms with Gasteiger partial charge in [-0.1, -0.05) is 24.8 Å². The van der Waals surface area contributed by atoms with Gasteiger partial charge < -0.3 is 5.73 Å². The van der Waals surface area contributed by atoms with Crippen molar-refractivity contribution in [1.82, 2.24) is 4.72 Å². The summed E-state index contributed by atoms with van der Waals surface area (Å²) in [6.45, 7) is 2.90. The van der Waals surface area contributed by atoms with Crippen molar-refractivity contribution in [3.63, 3.8) is 0 Å². The van der Waals surface area contributed by atoms with E-state index in [1.807, 2.05) is 0 Å². The molecule has 102 valence electrons. The van der Waals surface area contributed by atoms with Crippen molar-refractivity contribution >= 4 is 10.0 Å². The molecule has 0 aliphatic heterocycles. The zero-order valence-electron chi connectivity index (χ0n) is 10.9. The second-order valence-corrected chi connectivity index (χ2v) is 6.63. The molecule has 3 N–H and O–H groups in total. The van der Waals surface area contributed by atoms with E-state index in [2.05, 4.69) is 23.5 Å². The highest BCUT2D eigenvalue weighted by Gasteiger charge is 2.33. The lowest BCUT2D eigenvalue weighted by Gasteiger charge is -2.06. The second kappa shape index (κ2) is 5.74. The van der Waals surface area contributed by atoms with Crippen molar-refractivity contribution in [2.24, 2.45) is 17.6 Å². The quantitative estimate of drug-likeness (QED) is 0.805. The highest BCUT2D eigenvalue weighted by Crippen LogP contribution is 2.37. The fourth-order valence-corrected chi connectivity index (χ4v) is 3.02. The number of rotatable bonds is 4. The Morgan fingerprint density at radius 1 is 1.47 bits per heavy atom. The maximum Gasteiger partial charge on any atom is 0.240 e. The van der Waals surface area contributed by atoms with E-state index >= 15 is 0 Å². The van der Waals surface area contributed by atoms with Gasteiger partial charge in [-0.25, -0.2) is 13.1 Å². The van der Waals surface area contributed by atoms with Gasteiger partial charge in [-0.15, -0.1) is 0 Å². The van der Waals surface area contributed by atoms with Gasteiger partial charge in [0, 0.05) is 12.1 Å². The molecule has 0 bridgehead atoms. The van der Waals surface area contributed by atoms with Crippen LogP contribution in [-0.2, 0) is 10.0 Å². The Morgan fingerprint density at radius 2 is 2.21 bits per heavy atom. The molecule has 0 heterocycles. The van der Waals surface area contributed by atoms with Crippen LogP contribution in [0, 0.1) is 23.7 Å². The Morgan fingerprint density at radius 3 is 2.84 bits per heavy atom. The van der Waals surface area contributed by atoms with E-state index < -0.39 is 10.0 Å². The zero-order chi connectivity index (χ0) is 13.9. The van der Waals surface area contributed by atoms with Gasteiger partial charge in [-0.3, -0.25) is 0 Å². The Labute approximate surface area is 114 Å². The predicted molar refractivity (Wildman–Crippen MR) is 74.8 cm³/mol. The molecule has 0 saturated heterocycles. The zero-order valence-corrected chi connectivity index (χ0v) is 11.7. The summed E-state index contributed by atoms with van der Waals surface area (Å²) in [6, 6.07) is 6.60. The molecule has 19 heavy (non-hydrogen) atoms. The fraction of sp³-hybridized carbons (Fsp3) is 0.429. The average Bonchev–Trinajstić information content (AvgIpc) is 3.11. The minimum atomic E-state index is -3.44. The van der Waals surface area contributed by atoms with E-state index in [1.54, 1.807) is 24.3 Å². The third kappa shape index (κ3) is 3.80. The summed E-state index contributed by atoms with van der Waals surface area (Å²) < 4.78 is 26.9. The maximum atomic E-state index is 12.1. The van der Waals surface area contributed by atoms with E-state index in [-0.39, 0.29) is 11.4 Å². The number of hydrogen-bond acceptors (Lipinski definition) is 3. The molecular weight excluding hydrogens is 260 g/mol. The summed E-state index contributed by atoms with van der Waals surface area (Å²) in [5.74, 6) is 6.66. The summed E-state index contributed by atoms with van der Waals surface area (Å²) >= 11 is 0. The first-order valence-electron chi connectivity index (χ1n) is 6.31. The topological polar surface area (TPSA) is 72.2 Å². The molecule has 0 radical (unpaired) electrons. The van der Waals surface area contributed by atoms with E-state index in [1.165, 1.54) is 0 Å². The molecule has 0 aromatic heterocycles. The summed E-state index contributed by atoms with van der Waals surface area (Å²) in [4.78, 5) is 0.254. The van der Waals surface area contributed by atoms with Crippen LogP contribution in [0.4, 0.5) is 0 Å². The van der Waals surface area contributed by atoms with Crippen molar-refractivity contribution in [2.45, 2.75) is 18.2 Å². The highest BCUT2D eigenvalue weighted by atomic mass is 32.2. The molecule has 2 unspecified atom stereocenters. The van der Waals surface area contributed by atoms with Crippen LogP contribution in [0.25, 0.3) is 0 Å². The van der Waals surface area contributed by atoms with Crippen molar-refractivity contribution in [1.29, 1.82) is 0 Å². The Balaban J connectivity index is 2.10. The second-order valence-electron chi connectivity index (χ2n) is 4.86. The van der Waals surface area contributed by atoms with Crippen LogP contribution < -0.4 is 10.5 Å². The highest BCUT2D eigenvalue weighted by molar-refractivity contribution is 7.89. The van der Waals surface area contributed by atoms with Gasteiger partial charge in [-0.2, -0.15) is 0 Å². The standard InChI is InChI=1S/C14H18N2O2S/c1-11-8-13(11)10-16-19(17,18)14-6-2-4-12(9-14)5-3-7-15/h2,4,6,9,11,13,16H,7-8,10,15H2,1H3. The van der Waals surface area contributed by atoms with Crippen LogP contribution in [0.15, 0.2) is 29.2 Å². The molecule has 1 aromatic carbocycles. The molecule has 1 fully saturated rings. The summed E-state index contributed by atoms with van der Waals surface area (Å²) in [7, 11) is -3.44. The molecular formula is C14H18N2O2S. The lowest BCUT2D eigenvalue weighted by Crippen LogP contribution is -2.26. The lowest BCUT2D eigenvalue weighted by atomic mass is 10.2. The first kappa shape index (κ1) is 14.1. The van der Waals surface area contributed by atoms with Crippen molar-refractivity contribution in [3.05, 3.63) is 29.8 Å². The number of benzene rings is 1. The number of nitrogens with two attached hydrogens (primary N) is 1. The summed E-state index contributed by atoms with van der Waals surface area (Å²) in [5.41, 5.74) is 5.96. The normalized spacial score (nSPS) is 21.6. The van der Waals surface area contributed by atoms with Gasteiger partial charge in [0.25, 0.3) is 0 Å². The van der Waals surface area contributed by atoms with Crippen LogP contribution in [0.5, 0.6) is 0 Å². The first-order valence-corrected chi connectivity index (χ1v) is 7.80. The predicted octanol–water partition coefficient (Wildman–Crippen LogP) is 0.931. The van der Waals surface area contributed by atoms with Crippen molar-refractivity contribution < 1.29 is 8.42 Å². The maximum absolute atomic E-state index is 12.1. The third-order valence-electron chi connectivity index (χ3n) is 3.29. The summed E-state index contributed by atoms with van der Waals surface area (Å²) in [6.07, 6.45) is 1.10. The fourth-order valence-electron chi connectivity index (χ4n) is 1.88. The van der Waals surface area contributed by atoms with Gasteiger partial charge >= 0.3 is 0 Å². The van der Waals surface area contributed by atoms with Crippen LogP contribution in [0.2, 0.25) is 0 Å². The van der Waals surface area contributed by atoms with E-state index in [0.29, 0.717) is 23.9 Å². The Bertz CT molecular complexity index is 614. The lowest BCUT2D eigenvalue weighted by molar-refractivity contribution is 0.574. The average molecular weight is 278 g/mol. The van der Waals surface area contributed by atoms with Gasteiger partial charge in [0.1, 0.15) is 0 Å². The Hall–Kier alpha value is -1.35. The van der Waals surface area contributed by atoms with Crippen LogP contribution in [-0.4, -0.2) is 21.5 Å². The monoisotopic (exact) mass is 278 g/mol. The number of sulfonamides is 1. The van der Waals surface area contributed by atoms with E-state index in [0.717, 1.165) is 6.42 Å². The molecule has 0 spiro atoms. The number of hydrogen-bond donors (Lipinski definition) is 2. The smallest absolute Gasteiger partial charge is 0.240 e. The molecule has 1 aliphatic rings. The molecule has 1 saturated carbocycles. The van der Waals surface area contributed by atoms with E-state index in [9.17, 15) is 8.42 Å². The largest absolute Gasteiger partial charge is 0.320 e. The van der Waals surface area contributed by atoms with Gasteiger partial charge in [0.2, 0.25) is 10.0 Å². The van der Waals surface area contributed by atoms with Crippen LogP contribution in [0.1, 0.15) is 18.9 Å². The molecule has 0 amide bonds. The minimum absolute atomic E-state index is 0.254. The molecule has 1 aliphatic carbocycles. The van der Waals surface area contributed by atoms with Crippen LogP contribution >= 0.6 is 0 Å². The van der Waals surface area contributed by atoms with Crippen molar-refractivity contribution in [3.8, 4) is 11.8 Å². The molecule has 2 atom stereocenters. The molecule has 2 rings (SSSR count). The van der Waals surface area contributed by atoms with Gasteiger partial charge in [0.05, 0.1) is 11.4 Å². The van der Waals surface area contributed by atoms with Crippen molar-refractivity contribution in [2.75, 3.05) is 13.1 Å². The molecule has 5 heteroatoms. The number of nitrogens with one attached hydrogen (secondary N) is 1. The molecule has 1 aromatic rings.